The van der Waals surface area contributed by atoms with E-state index in [2.05, 4.69) is 39.7 Å². The van der Waals surface area contributed by atoms with E-state index in [1.54, 1.807) is 12.1 Å². The molecule has 196 valence electrons. The number of benzene rings is 2. The molecule has 8 heteroatoms. The number of carbonyl (C=O) groups excluding carboxylic acids is 1. The Bertz CT molecular complexity index is 1400. The number of hydrogen-bond donors (Lipinski definition) is 2. The number of nitrogens with one attached hydrogen (secondary N) is 2. The molecule has 2 heterocycles. The lowest BCUT2D eigenvalue weighted by molar-refractivity contribution is -0.146. The molecule has 37 heavy (non-hydrogen) atoms. The van der Waals surface area contributed by atoms with Gasteiger partial charge in [-0.2, -0.15) is 0 Å². The first-order valence-corrected chi connectivity index (χ1v) is 15.0. The van der Waals surface area contributed by atoms with Gasteiger partial charge in [-0.3, -0.25) is 4.79 Å². The first-order valence-electron chi connectivity index (χ1n) is 13.5. The van der Waals surface area contributed by atoms with Crippen LogP contribution in [0.1, 0.15) is 44.1 Å². The summed E-state index contributed by atoms with van der Waals surface area (Å²) in [7, 11) is -3.67. The van der Waals surface area contributed by atoms with Crippen LogP contribution in [0.2, 0.25) is 0 Å². The first-order chi connectivity index (χ1) is 17.9. The second-order valence-corrected chi connectivity index (χ2v) is 12.6. The molecule has 0 spiro atoms. The lowest BCUT2D eigenvalue weighted by Crippen LogP contribution is -2.52. The van der Waals surface area contributed by atoms with Crippen molar-refractivity contribution in [3.8, 4) is 11.3 Å². The number of ether oxygens (including phenoxy) is 1. The Hall–Kier alpha value is -2.68. The van der Waals surface area contributed by atoms with Gasteiger partial charge in [0.2, 0.25) is 15.9 Å². The Kier molecular flexibility index (Phi) is 6.59. The molecule has 0 radical (unpaired) electrons. The molecule has 0 bridgehead atoms. The number of aromatic nitrogens is 1. The third-order valence-corrected chi connectivity index (χ3v) is 9.87. The molecule has 1 amide bonds. The zero-order valence-electron chi connectivity index (χ0n) is 21.3. The Balaban J connectivity index is 1.11. The molecule has 2 N–H and O–H groups in total. The van der Waals surface area contributed by atoms with Crippen LogP contribution < -0.4 is 4.72 Å². The van der Waals surface area contributed by atoms with Gasteiger partial charge in [-0.05, 0) is 75.1 Å². The van der Waals surface area contributed by atoms with E-state index in [4.69, 9.17) is 4.74 Å². The predicted octanol–water partition coefficient (Wildman–Crippen LogP) is 4.62. The molecular formula is C29H35N3O4S. The van der Waals surface area contributed by atoms with Crippen LogP contribution >= 0.6 is 0 Å². The van der Waals surface area contributed by atoms with E-state index in [1.807, 2.05) is 18.2 Å². The summed E-state index contributed by atoms with van der Waals surface area (Å²) >= 11 is 0. The molecule has 1 aromatic heterocycles. The minimum absolute atomic E-state index is 0.0183. The molecule has 1 atom stereocenters. The van der Waals surface area contributed by atoms with Gasteiger partial charge in [0.1, 0.15) is 0 Å². The molecule has 1 saturated heterocycles. The molecule has 7 nitrogen and oxygen atoms in total. The van der Waals surface area contributed by atoms with Crippen LogP contribution in [0.4, 0.5) is 0 Å². The van der Waals surface area contributed by atoms with Crippen molar-refractivity contribution in [1.82, 2.24) is 14.6 Å². The summed E-state index contributed by atoms with van der Waals surface area (Å²) in [5, 5.41) is 0.976. The van der Waals surface area contributed by atoms with E-state index in [0.717, 1.165) is 40.6 Å². The molecule has 2 aromatic carbocycles. The smallest absolute Gasteiger partial charge is 0.240 e. The predicted molar refractivity (Wildman–Crippen MR) is 144 cm³/mol. The van der Waals surface area contributed by atoms with Gasteiger partial charge in [-0.25, -0.2) is 13.1 Å². The second kappa shape index (κ2) is 9.89. The second-order valence-electron chi connectivity index (χ2n) is 10.9. The fourth-order valence-corrected chi connectivity index (χ4v) is 7.37. The minimum Gasteiger partial charge on any atom is -0.377 e. The quantitative estimate of drug-likeness (QED) is 0.495. The van der Waals surface area contributed by atoms with E-state index in [-0.39, 0.29) is 28.8 Å². The van der Waals surface area contributed by atoms with Crippen LogP contribution in [0.25, 0.3) is 22.2 Å². The molecule has 1 aliphatic heterocycles. The average molecular weight is 522 g/mol. The fraction of sp³-hybridized carbons (Fsp3) is 0.483. The summed E-state index contributed by atoms with van der Waals surface area (Å²) in [5.41, 5.74) is 4.04. The maximum absolute atomic E-state index is 13.3. The number of nitrogens with zero attached hydrogens (tertiary/aromatic N) is 1. The average Bonchev–Trinajstić information content (AvgIpc) is 3.67. The van der Waals surface area contributed by atoms with Gasteiger partial charge in [-0.15, -0.1) is 0 Å². The summed E-state index contributed by atoms with van der Waals surface area (Å²) in [6.07, 6.45) is 5.17. The summed E-state index contributed by atoms with van der Waals surface area (Å²) in [5.74, 6) is 0.815. The van der Waals surface area contributed by atoms with Gasteiger partial charge >= 0.3 is 0 Å². The van der Waals surface area contributed by atoms with E-state index >= 15 is 0 Å². The normalized spacial score (nSPS) is 24.9. The highest BCUT2D eigenvalue weighted by atomic mass is 32.2. The number of aryl methyl sites for hydroxylation is 1. The third-order valence-electron chi connectivity index (χ3n) is 8.35. The number of hydrogen-bond acceptors (Lipinski definition) is 4. The van der Waals surface area contributed by atoms with Crippen molar-refractivity contribution in [2.75, 3.05) is 19.8 Å². The summed E-state index contributed by atoms with van der Waals surface area (Å²) < 4.78 is 35.1. The van der Waals surface area contributed by atoms with Crippen molar-refractivity contribution in [3.05, 3.63) is 54.1 Å². The van der Waals surface area contributed by atoms with Crippen LogP contribution in [0.15, 0.2) is 53.4 Å². The molecule has 2 aliphatic carbocycles. The molecule has 3 aromatic rings. The number of rotatable bonds is 6. The highest BCUT2D eigenvalue weighted by Crippen LogP contribution is 2.38. The standard InChI is InChI=1S/C29H35N3O4S/c1-19-4-2-3-5-25(19)27-16-22-10-13-24(17-26(22)30-27)37(34,35)31-23-11-8-21(9-12-23)29(33)32-14-15-36-18-28(32)20-6-7-20/h2-5,10,13,16-17,20-21,23,28,30-31H,6-9,11-12,14-15,18H2,1H3/t21-,23-,28-/m1/s1. The van der Waals surface area contributed by atoms with Crippen LogP contribution in [0, 0.1) is 18.8 Å². The minimum atomic E-state index is -3.67. The van der Waals surface area contributed by atoms with E-state index < -0.39 is 10.0 Å². The monoisotopic (exact) mass is 521 g/mol. The number of carbonyl (C=O) groups is 1. The SMILES string of the molecule is Cc1ccccc1-c1cc2ccc(S(=O)(=O)N[C@H]3CC[C@H](C(=O)N4CCOC[C@@H]4C4CC4)CC3)cc2[nH]1. The number of morpholine rings is 1. The van der Waals surface area contributed by atoms with Crippen LogP contribution in [0.5, 0.6) is 0 Å². The lowest BCUT2D eigenvalue weighted by Gasteiger charge is -2.39. The van der Waals surface area contributed by atoms with Crippen LogP contribution in [-0.2, 0) is 19.6 Å². The lowest BCUT2D eigenvalue weighted by atomic mass is 9.85. The van der Waals surface area contributed by atoms with Crippen molar-refractivity contribution >= 4 is 26.8 Å². The van der Waals surface area contributed by atoms with Gasteiger partial charge in [0.15, 0.2) is 0 Å². The summed E-state index contributed by atoms with van der Waals surface area (Å²) in [6, 6.07) is 15.5. The van der Waals surface area contributed by atoms with Crippen molar-refractivity contribution in [2.24, 2.45) is 11.8 Å². The summed E-state index contributed by atoms with van der Waals surface area (Å²) in [4.78, 5) is 19.0. The maximum atomic E-state index is 13.3. The van der Waals surface area contributed by atoms with Crippen molar-refractivity contribution in [2.45, 2.75) is 62.4 Å². The molecule has 2 saturated carbocycles. The van der Waals surface area contributed by atoms with Gasteiger partial charge < -0.3 is 14.6 Å². The highest BCUT2D eigenvalue weighted by Gasteiger charge is 2.41. The van der Waals surface area contributed by atoms with Crippen molar-refractivity contribution in [1.29, 1.82) is 0 Å². The first kappa shape index (κ1) is 24.6. The Morgan fingerprint density at radius 2 is 1.81 bits per heavy atom. The number of sulfonamides is 1. The number of amides is 1. The zero-order chi connectivity index (χ0) is 25.6. The Morgan fingerprint density at radius 1 is 1.03 bits per heavy atom. The number of fused-ring (bicyclic) bond motifs is 1. The largest absolute Gasteiger partial charge is 0.377 e. The zero-order valence-corrected chi connectivity index (χ0v) is 22.1. The van der Waals surface area contributed by atoms with Gasteiger partial charge in [0.05, 0.1) is 24.2 Å². The Labute approximate surface area is 218 Å². The molecule has 3 aliphatic rings. The van der Waals surface area contributed by atoms with Crippen molar-refractivity contribution in [3.63, 3.8) is 0 Å². The molecule has 3 fully saturated rings. The fourth-order valence-electron chi connectivity index (χ4n) is 6.04. The van der Waals surface area contributed by atoms with E-state index in [1.165, 1.54) is 12.8 Å². The van der Waals surface area contributed by atoms with E-state index in [0.29, 0.717) is 38.5 Å². The molecular weight excluding hydrogens is 486 g/mol. The molecule has 0 unspecified atom stereocenters. The van der Waals surface area contributed by atoms with Gasteiger partial charge in [0.25, 0.3) is 0 Å². The van der Waals surface area contributed by atoms with Crippen LogP contribution in [0.3, 0.4) is 0 Å². The van der Waals surface area contributed by atoms with E-state index in [9.17, 15) is 13.2 Å². The van der Waals surface area contributed by atoms with Gasteiger partial charge in [-0.1, -0.05) is 30.3 Å². The number of H-pyrrole nitrogens is 1. The topological polar surface area (TPSA) is 91.5 Å². The third kappa shape index (κ3) is 5.07. The summed E-state index contributed by atoms with van der Waals surface area (Å²) in [6.45, 7) is 4.01. The highest BCUT2D eigenvalue weighted by molar-refractivity contribution is 7.89. The number of aromatic amines is 1. The van der Waals surface area contributed by atoms with Crippen molar-refractivity contribution < 1.29 is 17.9 Å². The Morgan fingerprint density at radius 3 is 2.57 bits per heavy atom. The molecule has 6 rings (SSSR count). The van der Waals surface area contributed by atoms with Crippen LogP contribution in [-0.4, -0.2) is 56.1 Å². The van der Waals surface area contributed by atoms with Gasteiger partial charge in [0, 0.05) is 40.7 Å². The maximum Gasteiger partial charge on any atom is 0.240 e.